The maximum absolute atomic E-state index is 12.4. The zero-order chi connectivity index (χ0) is 14.1. The molecule has 0 amide bonds. The number of hydrogen-bond donors (Lipinski definition) is 0. The fourth-order valence-corrected chi connectivity index (χ4v) is 2.50. The van der Waals surface area contributed by atoms with Gasteiger partial charge in [0.05, 0.1) is 6.54 Å². The second-order valence-corrected chi connectivity index (χ2v) is 5.26. The molecule has 3 rings (SSSR count). The van der Waals surface area contributed by atoms with Gasteiger partial charge in [-0.05, 0) is 29.2 Å². The smallest absolute Gasteiger partial charge is 0.277 e. The topological polar surface area (TPSA) is 39.3 Å². The highest BCUT2D eigenvalue weighted by Gasteiger charge is 2.09. The Hall–Kier alpha value is -2.36. The summed E-state index contributed by atoms with van der Waals surface area (Å²) in [4.78, 5) is 12.4. The van der Waals surface area contributed by atoms with E-state index in [1.54, 1.807) is 27.7 Å². The molecule has 0 aliphatic carbocycles. The maximum Gasteiger partial charge on any atom is 0.277 e. The van der Waals surface area contributed by atoms with Crippen LogP contribution < -0.4 is 5.56 Å². The third-order valence-electron chi connectivity index (χ3n) is 3.54. The molecule has 1 aromatic carbocycles. The highest BCUT2D eigenvalue weighted by atomic mass is 16.1. The summed E-state index contributed by atoms with van der Waals surface area (Å²) in [5.41, 5.74) is 3.04. The number of aromatic nitrogens is 3. The number of hydrogen-bond acceptors (Lipinski definition) is 2. The molecule has 2 aromatic heterocycles. The van der Waals surface area contributed by atoms with Crippen LogP contribution in [-0.2, 0) is 6.54 Å². The first kappa shape index (κ1) is 12.7. The first-order valence-corrected chi connectivity index (χ1v) is 6.77. The number of benzene rings is 1. The molecular weight excluding hydrogens is 250 g/mol. The molecule has 0 radical (unpaired) electrons. The van der Waals surface area contributed by atoms with Crippen LogP contribution in [0.5, 0.6) is 0 Å². The predicted molar refractivity (Wildman–Crippen MR) is 79.1 cm³/mol. The highest BCUT2D eigenvalue weighted by molar-refractivity contribution is 5.43. The first-order valence-electron chi connectivity index (χ1n) is 6.77. The molecule has 0 bridgehead atoms. The van der Waals surface area contributed by atoms with Crippen LogP contribution >= 0.6 is 0 Å². The summed E-state index contributed by atoms with van der Waals surface area (Å²) in [5, 5.41) is 4.25. The Morgan fingerprint density at radius 1 is 1.15 bits per heavy atom. The minimum absolute atomic E-state index is 0.0106. The molecule has 0 fully saturated rings. The van der Waals surface area contributed by atoms with E-state index in [1.165, 1.54) is 11.1 Å². The zero-order valence-corrected chi connectivity index (χ0v) is 11.7. The van der Waals surface area contributed by atoms with Gasteiger partial charge in [0.2, 0.25) is 0 Å². The van der Waals surface area contributed by atoms with Crippen molar-refractivity contribution in [1.82, 2.24) is 14.2 Å². The Balaban J connectivity index is 2.06. The SMILES string of the molecule is CC(C)c1ccccc1Cn1cnn2cccc2c1=O. The molecule has 3 aromatic rings. The van der Waals surface area contributed by atoms with Crippen LogP contribution in [-0.4, -0.2) is 14.2 Å². The largest absolute Gasteiger partial charge is 0.291 e. The van der Waals surface area contributed by atoms with Crippen molar-refractivity contribution in [2.24, 2.45) is 0 Å². The Morgan fingerprint density at radius 3 is 2.75 bits per heavy atom. The standard InChI is InChI=1S/C16H17N3O/c1-12(2)14-7-4-3-6-13(14)10-18-11-17-19-9-5-8-15(19)16(18)20/h3-9,11-12H,10H2,1-2H3. The van der Waals surface area contributed by atoms with Crippen LogP contribution in [0.1, 0.15) is 30.9 Å². The van der Waals surface area contributed by atoms with Crippen LogP contribution in [0.25, 0.3) is 5.52 Å². The van der Waals surface area contributed by atoms with E-state index in [0.717, 1.165) is 0 Å². The lowest BCUT2D eigenvalue weighted by Gasteiger charge is -2.13. The monoisotopic (exact) mass is 267 g/mol. The average molecular weight is 267 g/mol. The normalized spacial score (nSPS) is 11.3. The highest BCUT2D eigenvalue weighted by Crippen LogP contribution is 2.19. The fraction of sp³-hybridized carbons (Fsp3) is 0.250. The van der Waals surface area contributed by atoms with E-state index in [0.29, 0.717) is 18.0 Å². The van der Waals surface area contributed by atoms with Gasteiger partial charge in [-0.3, -0.25) is 9.36 Å². The number of nitrogens with zero attached hydrogens (tertiary/aromatic N) is 3. The summed E-state index contributed by atoms with van der Waals surface area (Å²) in [6, 6.07) is 11.9. The second-order valence-electron chi connectivity index (χ2n) is 5.26. The summed E-state index contributed by atoms with van der Waals surface area (Å²) < 4.78 is 3.27. The molecule has 0 saturated heterocycles. The minimum Gasteiger partial charge on any atom is -0.291 e. The van der Waals surface area contributed by atoms with Gasteiger partial charge in [-0.2, -0.15) is 5.10 Å². The van der Waals surface area contributed by atoms with Crippen LogP contribution in [0.4, 0.5) is 0 Å². The van der Waals surface area contributed by atoms with Crippen LogP contribution in [0.3, 0.4) is 0 Å². The Morgan fingerprint density at radius 2 is 1.95 bits per heavy atom. The van der Waals surface area contributed by atoms with Crippen LogP contribution in [0.2, 0.25) is 0 Å². The zero-order valence-electron chi connectivity index (χ0n) is 11.7. The summed E-state index contributed by atoms with van der Waals surface area (Å²) >= 11 is 0. The van der Waals surface area contributed by atoms with E-state index in [2.05, 4.69) is 31.1 Å². The molecule has 20 heavy (non-hydrogen) atoms. The lowest BCUT2D eigenvalue weighted by molar-refractivity contribution is 0.692. The van der Waals surface area contributed by atoms with Gasteiger partial charge in [0.25, 0.3) is 5.56 Å². The third-order valence-corrected chi connectivity index (χ3v) is 3.54. The van der Waals surface area contributed by atoms with Gasteiger partial charge >= 0.3 is 0 Å². The van der Waals surface area contributed by atoms with Gasteiger partial charge in [0, 0.05) is 6.20 Å². The molecule has 0 unspecified atom stereocenters. The van der Waals surface area contributed by atoms with Gasteiger partial charge < -0.3 is 0 Å². The molecule has 0 saturated carbocycles. The van der Waals surface area contributed by atoms with Gasteiger partial charge in [-0.15, -0.1) is 0 Å². The molecule has 4 nitrogen and oxygen atoms in total. The molecule has 0 aliphatic heterocycles. The lowest BCUT2D eigenvalue weighted by Crippen LogP contribution is -2.23. The second kappa shape index (κ2) is 4.96. The van der Waals surface area contributed by atoms with Crippen LogP contribution in [0.15, 0.2) is 53.7 Å². The number of fused-ring (bicyclic) bond motifs is 1. The number of rotatable bonds is 3. The van der Waals surface area contributed by atoms with Crippen molar-refractivity contribution in [3.05, 3.63) is 70.4 Å². The Kier molecular flexibility index (Phi) is 3.14. The Bertz CT molecular complexity index is 799. The van der Waals surface area contributed by atoms with Crippen LogP contribution in [0, 0.1) is 0 Å². The van der Waals surface area contributed by atoms with E-state index in [4.69, 9.17) is 0 Å². The van der Waals surface area contributed by atoms with E-state index in [1.807, 2.05) is 18.2 Å². The van der Waals surface area contributed by atoms with E-state index >= 15 is 0 Å². The fourth-order valence-electron chi connectivity index (χ4n) is 2.50. The molecule has 4 heteroatoms. The van der Waals surface area contributed by atoms with E-state index in [-0.39, 0.29) is 5.56 Å². The van der Waals surface area contributed by atoms with Crippen molar-refractivity contribution in [2.45, 2.75) is 26.3 Å². The molecule has 0 atom stereocenters. The predicted octanol–water partition coefficient (Wildman–Crippen LogP) is 2.67. The summed E-state index contributed by atoms with van der Waals surface area (Å²) in [7, 11) is 0. The van der Waals surface area contributed by atoms with E-state index < -0.39 is 0 Å². The molecule has 0 aliphatic rings. The van der Waals surface area contributed by atoms with Crippen molar-refractivity contribution in [3.8, 4) is 0 Å². The quantitative estimate of drug-likeness (QED) is 0.732. The van der Waals surface area contributed by atoms with E-state index in [9.17, 15) is 4.79 Å². The Labute approximate surface area is 117 Å². The summed E-state index contributed by atoms with van der Waals surface area (Å²) in [5.74, 6) is 0.437. The molecule has 2 heterocycles. The molecule has 0 N–H and O–H groups in total. The first-order chi connectivity index (χ1) is 9.66. The van der Waals surface area contributed by atoms with Crippen molar-refractivity contribution in [1.29, 1.82) is 0 Å². The molecule has 102 valence electrons. The van der Waals surface area contributed by atoms with Gasteiger partial charge in [0.1, 0.15) is 11.8 Å². The molecule has 0 spiro atoms. The van der Waals surface area contributed by atoms with Crippen molar-refractivity contribution >= 4 is 5.52 Å². The summed E-state index contributed by atoms with van der Waals surface area (Å²) in [6.07, 6.45) is 3.38. The maximum atomic E-state index is 12.4. The van der Waals surface area contributed by atoms with Crippen molar-refractivity contribution in [2.75, 3.05) is 0 Å². The third kappa shape index (κ3) is 2.13. The minimum atomic E-state index is -0.0106. The van der Waals surface area contributed by atoms with Gasteiger partial charge in [0.15, 0.2) is 0 Å². The van der Waals surface area contributed by atoms with Gasteiger partial charge in [-0.25, -0.2) is 4.52 Å². The lowest BCUT2D eigenvalue weighted by atomic mass is 9.97. The molecular formula is C16H17N3O. The average Bonchev–Trinajstić information content (AvgIpc) is 2.91. The van der Waals surface area contributed by atoms with Gasteiger partial charge in [-0.1, -0.05) is 38.1 Å². The van der Waals surface area contributed by atoms with Crippen molar-refractivity contribution in [3.63, 3.8) is 0 Å². The van der Waals surface area contributed by atoms with Crippen molar-refractivity contribution < 1.29 is 0 Å². The summed E-state index contributed by atoms with van der Waals surface area (Å²) in [6.45, 7) is 4.88.